The number of amides is 1. The standard InChI is InChI=1S/C23H19FN6O/c1-15-21(28-7-6-27-15)14-30-13-19(24)9-22(30)23(31)29-20-4-2-17(3-5-20)18-8-16(10-25)11-26-12-18/h2-6,8,11-12,19,22H,9,13-14H2,1H3/p+1/t19-,22+/m0/s1. The summed E-state index contributed by atoms with van der Waals surface area (Å²) in [6.45, 7) is 2.35. The zero-order valence-corrected chi connectivity index (χ0v) is 16.9. The van der Waals surface area contributed by atoms with Gasteiger partial charge in [-0.2, -0.15) is 5.26 Å². The highest BCUT2D eigenvalue weighted by Gasteiger charge is 2.38. The van der Waals surface area contributed by atoms with Gasteiger partial charge in [0.15, 0.2) is 6.20 Å². The lowest BCUT2D eigenvalue weighted by Crippen LogP contribution is -2.40. The summed E-state index contributed by atoms with van der Waals surface area (Å²) in [5, 5.41) is 11.9. The van der Waals surface area contributed by atoms with Gasteiger partial charge in [0.1, 0.15) is 24.5 Å². The van der Waals surface area contributed by atoms with Crippen LogP contribution in [0.1, 0.15) is 23.4 Å². The lowest BCUT2D eigenvalue weighted by atomic mass is 10.1. The van der Waals surface area contributed by atoms with E-state index in [9.17, 15) is 9.18 Å². The number of nitrogens with zero attached hydrogens (tertiary/aromatic N) is 5. The maximum atomic E-state index is 14.1. The molecular weight excluding hydrogens is 395 g/mol. The number of anilines is 1. The van der Waals surface area contributed by atoms with Crippen molar-refractivity contribution in [1.82, 2.24) is 14.9 Å². The van der Waals surface area contributed by atoms with Gasteiger partial charge < -0.3 is 5.32 Å². The molecule has 0 saturated carbocycles. The van der Waals surface area contributed by atoms with Gasteiger partial charge in [0.25, 0.3) is 0 Å². The van der Waals surface area contributed by atoms with E-state index >= 15 is 0 Å². The average Bonchev–Trinajstić information content (AvgIpc) is 3.16. The van der Waals surface area contributed by atoms with E-state index in [-0.39, 0.29) is 18.9 Å². The predicted octanol–water partition coefficient (Wildman–Crippen LogP) is 2.27. The van der Waals surface area contributed by atoms with Crippen LogP contribution in [0.3, 0.4) is 0 Å². The van der Waals surface area contributed by atoms with Crippen LogP contribution in [0.25, 0.3) is 11.1 Å². The van der Waals surface area contributed by atoms with Gasteiger partial charge in [-0.05, 0) is 35.7 Å². The van der Waals surface area contributed by atoms with E-state index in [1.165, 1.54) is 12.4 Å². The van der Waals surface area contributed by atoms with Crippen molar-refractivity contribution in [3.05, 3.63) is 72.1 Å². The number of nitrogens with one attached hydrogen (secondary N) is 1. The van der Waals surface area contributed by atoms with Gasteiger partial charge in [-0.3, -0.25) is 14.7 Å². The number of aryl methyl sites for hydroxylation is 1. The number of benzene rings is 1. The van der Waals surface area contributed by atoms with Crippen molar-refractivity contribution in [3.63, 3.8) is 0 Å². The number of likely N-dealkylation sites (tertiary alicyclic amines) is 1. The van der Waals surface area contributed by atoms with Crippen LogP contribution in [0, 0.1) is 24.5 Å². The number of rotatable bonds is 5. The van der Waals surface area contributed by atoms with Crippen LogP contribution in [0.2, 0.25) is 0 Å². The lowest BCUT2D eigenvalue weighted by Gasteiger charge is -2.21. The molecule has 4 rings (SSSR count). The van der Waals surface area contributed by atoms with Gasteiger partial charge in [-0.15, -0.1) is 0 Å². The summed E-state index contributed by atoms with van der Waals surface area (Å²) in [4.78, 5) is 27.1. The predicted molar refractivity (Wildman–Crippen MR) is 110 cm³/mol. The third-order valence-electron chi connectivity index (χ3n) is 5.29. The Morgan fingerprint density at radius 3 is 2.90 bits per heavy atom. The molecular formula is C23H20FN6O+. The van der Waals surface area contributed by atoms with E-state index in [1.807, 2.05) is 19.1 Å². The first-order valence-electron chi connectivity index (χ1n) is 9.86. The Hall–Kier alpha value is -3.88. The second kappa shape index (κ2) is 8.86. The van der Waals surface area contributed by atoms with Crippen LogP contribution in [-0.4, -0.2) is 39.5 Å². The third-order valence-corrected chi connectivity index (χ3v) is 5.29. The summed E-state index contributed by atoms with van der Waals surface area (Å²) in [5.41, 5.74) is 4.22. The second-order valence-corrected chi connectivity index (χ2v) is 7.45. The topological polar surface area (TPSA) is 96.0 Å². The van der Waals surface area contributed by atoms with Gasteiger partial charge in [-0.1, -0.05) is 12.1 Å². The normalized spacial score (nSPS) is 18.2. The molecule has 1 N–H and O–H groups in total. The molecule has 31 heavy (non-hydrogen) atoms. The Morgan fingerprint density at radius 2 is 2.16 bits per heavy atom. The van der Waals surface area contributed by atoms with E-state index in [2.05, 4.69) is 32.5 Å². The number of halogens is 1. The molecule has 1 fully saturated rings. The molecule has 8 heteroatoms. The minimum Gasteiger partial charge on any atom is -0.325 e. The van der Waals surface area contributed by atoms with Crippen molar-refractivity contribution in [2.24, 2.45) is 0 Å². The molecule has 0 aliphatic carbocycles. The molecule has 154 valence electrons. The summed E-state index contributed by atoms with van der Waals surface area (Å²) in [6.07, 6.45) is 6.43. The average molecular weight is 415 g/mol. The molecule has 1 aliphatic heterocycles. The molecule has 1 saturated heterocycles. The number of nitriles is 1. The highest BCUT2D eigenvalue weighted by atomic mass is 19.1. The molecule has 2 aromatic heterocycles. The van der Waals surface area contributed by atoms with Crippen molar-refractivity contribution in [1.29, 1.82) is 5.26 Å². The number of alkyl halides is 1. The zero-order valence-electron chi connectivity index (χ0n) is 16.9. The molecule has 0 radical (unpaired) electrons. The summed E-state index contributed by atoms with van der Waals surface area (Å²) in [6, 6.07) is 10.5. The van der Waals surface area contributed by atoms with E-state index in [0.29, 0.717) is 23.5 Å². The van der Waals surface area contributed by atoms with Crippen LogP contribution in [-0.2, 0) is 11.3 Å². The number of carbonyl (C=O) groups is 1. The lowest BCUT2D eigenvalue weighted by molar-refractivity contribution is -0.313. The monoisotopic (exact) mass is 415 g/mol. The Labute approximate surface area is 179 Å². The van der Waals surface area contributed by atoms with Crippen LogP contribution in [0.4, 0.5) is 10.1 Å². The summed E-state index contributed by atoms with van der Waals surface area (Å²) in [7, 11) is 0. The van der Waals surface area contributed by atoms with E-state index in [0.717, 1.165) is 16.8 Å². The van der Waals surface area contributed by atoms with Gasteiger partial charge in [0.2, 0.25) is 5.91 Å². The summed E-state index contributed by atoms with van der Waals surface area (Å²) in [5.74, 6) is -0.258. The maximum absolute atomic E-state index is 14.1. The van der Waals surface area contributed by atoms with Crippen molar-refractivity contribution in [2.75, 3.05) is 11.9 Å². The van der Waals surface area contributed by atoms with Crippen molar-refractivity contribution in [3.8, 4) is 17.2 Å². The summed E-state index contributed by atoms with van der Waals surface area (Å²) < 4.78 is 14.1. The number of pyridine rings is 1. The van der Waals surface area contributed by atoms with Crippen molar-refractivity contribution < 1.29 is 14.2 Å². The molecule has 3 heterocycles. The fourth-order valence-electron chi connectivity index (χ4n) is 3.66. The molecule has 0 unspecified atom stereocenters. The first-order valence-corrected chi connectivity index (χ1v) is 9.86. The van der Waals surface area contributed by atoms with Crippen LogP contribution >= 0.6 is 0 Å². The smallest absolute Gasteiger partial charge is 0.325 e. The van der Waals surface area contributed by atoms with Gasteiger partial charge >= 0.3 is 11.9 Å². The van der Waals surface area contributed by atoms with E-state index in [1.54, 1.807) is 29.3 Å². The highest BCUT2D eigenvalue weighted by Crippen LogP contribution is 2.25. The maximum Gasteiger partial charge on any atom is 0.352 e. The fraction of sp³-hybridized carbons (Fsp3) is 0.261. The Balaban J connectivity index is 1.45. The Morgan fingerprint density at radius 1 is 1.35 bits per heavy atom. The van der Waals surface area contributed by atoms with E-state index < -0.39 is 12.2 Å². The Bertz CT molecular complexity index is 1130. The van der Waals surface area contributed by atoms with Gasteiger partial charge in [-0.25, -0.2) is 9.37 Å². The number of hydrogen-bond donors (Lipinski definition) is 1. The number of aromatic nitrogens is 3. The minimum absolute atomic E-state index is 0.138. The molecule has 0 spiro atoms. The zero-order chi connectivity index (χ0) is 21.8. The molecule has 1 amide bonds. The highest BCUT2D eigenvalue weighted by molar-refractivity contribution is 5.95. The number of hydrogen-bond acceptors (Lipinski definition) is 5. The van der Waals surface area contributed by atoms with Crippen molar-refractivity contribution in [2.45, 2.75) is 32.1 Å². The van der Waals surface area contributed by atoms with Crippen LogP contribution < -0.4 is 10.3 Å². The quantitative estimate of drug-likeness (QED) is 0.687. The second-order valence-electron chi connectivity index (χ2n) is 7.45. The first-order chi connectivity index (χ1) is 15.0. The minimum atomic E-state index is -1.07. The molecule has 7 nitrogen and oxygen atoms in total. The third kappa shape index (κ3) is 4.66. The molecule has 0 bridgehead atoms. The molecule has 3 aromatic rings. The largest absolute Gasteiger partial charge is 0.352 e. The SMILES string of the molecule is Cc1ncc#[n+]c1CN1C[C@@H](F)C[C@@H]1C(=O)Nc1ccc(-c2cncc(C#N)c2)cc1. The summed E-state index contributed by atoms with van der Waals surface area (Å²) >= 11 is 0. The van der Waals surface area contributed by atoms with Crippen LogP contribution in [0.15, 0.2) is 48.9 Å². The number of carbonyl (C=O) groups excluding carboxylic acids is 1. The Kier molecular flexibility index (Phi) is 5.83. The van der Waals surface area contributed by atoms with Gasteiger partial charge in [0.05, 0.1) is 11.6 Å². The van der Waals surface area contributed by atoms with Crippen LogP contribution in [0.5, 0.6) is 0 Å². The fourth-order valence-corrected chi connectivity index (χ4v) is 3.66. The van der Waals surface area contributed by atoms with E-state index in [4.69, 9.17) is 5.26 Å². The molecule has 1 aromatic carbocycles. The van der Waals surface area contributed by atoms with Crippen molar-refractivity contribution >= 4 is 11.6 Å². The molecule has 1 aliphatic rings. The van der Waals surface area contributed by atoms with Gasteiger partial charge in [0, 0.05) is 36.6 Å². The first kappa shape index (κ1) is 20.4. The molecule has 2 atom stereocenters.